The van der Waals surface area contributed by atoms with Crippen LogP contribution in [0.3, 0.4) is 0 Å². The molecule has 0 aliphatic carbocycles. The van der Waals surface area contributed by atoms with Crippen LogP contribution >= 0.6 is 11.8 Å². The van der Waals surface area contributed by atoms with E-state index in [0.717, 1.165) is 6.42 Å². The van der Waals surface area contributed by atoms with Crippen LogP contribution in [-0.2, 0) is 14.4 Å². The number of carbonyl (C=O) groups excluding carboxylic acids is 2. The molecule has 110 valence electrons. The maximum absolute atomic E-state index is 12.6. The van der Waals surface area contributed by atoms with Crippen LogP contribution in [-0.4, -0.2) is 62.4 Å². The maximum Gasteiger partial charge on any atom is 0.308 e. The number of likely N-dealkylation sites (tertiary alicyclic amines) is 1. The van der Waals surface area contributed by atoms with Crippen molar-refractivity contribution in [3.05, 3.63) is 0 Å². The summed E-state index contributed by atoms with van der Waals surface area (Å²) in [4.78, 5) is 38.6. The number of thioether (sulfide) groups is 1. The molecule has 0 aromatic heterocycles. The number of aliphatic carboxylic acids is 1. The molecule has 0 aromatic carbocycles. The maximum atomic E-state index is 12.6. The van der Waals surface area contributed by atoms with Crippen LogP contribution in [0.2, 0.25) is 0 Å². The van der Waals surface area contributed by atoms with Crippen LogP contribution in [0.1, 0.15) is 26.2 Å². The van der Waals surface area contributed by atoms with E-state index in [0.29, 0.717) is 25.1 Å². The molecule has 0 aromatic rings. The van der Waals surface area contributed by atoms with Gasteiger partial charge in [-0.05, 0) is 19.8 Å². The highest BCUT2D eigenvalue weighted by atomic mass is 32.2. The summed E-state index contributed by atoms with van der Waals surface area (Å²) in [6.07, 6.45) is 1.80. The summed E-state index contributed by atoms with van der Waals surface area (Å²) in [6, 6.07) is -0.410. The zero-order valence-corrected chi connectivity index (χ0v) is 12.2. The lowest BCUT2D eigenvalue weighted by Crippen LogP contribution is -2.51. The van der Waals surface area contributed by atoms with E-state index in [9.17, 15) is 14.4 Å². The largest absolute Gasteiger partial charge is 0.481 e. The first-order chi connectivity index (χ1) is 9.42. The molecule has 3 heterocycles. The fourth-order valence-corrected chi connectivity index (χ4v) is 4.80. The van der Waals surface area contributed by atoms with E-state index in [4.69, 9.17) is 5.11 Å². The van der Waals surface area contributed by atoms with Gasteiger partial charge in [-0.1, -0.05) is 0 Å². The summed E-state index contributed by atoms with van der Waals surface area (Å²) in [5.41, 5.74) is 0. The second kappa shape index (κ2) is 4.65. The van der Waals surface area contributed by atoms with Crippen LogP contribution in [0.15, 0.2) is 0 Å². The Bertz CT molecular complexity index is 483. The van der Waals surface area contributed by atoms with Crippen molar-refractivity contribution >= 4 is 29.5 Å². The smallest absolute Gasteiger partial charge is 0.308 e. The molecule has 3 rings (SSSR count). The first kappa shape index (κ1) is 13.7. The Morgan fingerprint density at radius 2 is 2.20 bits per heavy atom. The Kier molecular flexibility index (Phi) is 3.19. The van der Waals surface area contributed by atoms with Crippen molar-refractivity contribution in [1.82, 2.24) is 9.80 Å². The number of carboxylic acids is 1. The fourth-order valence-electron chi connectivity index (χ4n) is 3.38. The van der Waals surface area contributed by atoms with Gasteiger partial charge in [0.25, 0.3) is 0 Å². The van der Waals surface area contributed by atoms with Gasteiger partial charge in [-0.2, -0.15) is 0 Å². The molecular formula is C13H18N2O4S. The Hall–Kier alpha value is -1.24. The van der Waals surface area contributed by atoms with E-state index in [-0.39, 0.29) is 23.2 Å². The Morgan fingerprint density at radius 1 is 1.45 bits per heavy atom. The third-order valence-electron chi connectivity index (χ3n) is 4.58. The molecule has 6 nitrogen and oxygen atoms in total. The van der Waals surface area contributed by atoms with Crippen LogP contribution < -0.4 is 0 Å². The molecule has 0 unspecified atom stereocenters. The van der Waals surface area contributed by atoms with Crippen molar-refractivity contribution in [3.63, 3.8) is 0 Å². The average molecular weight is 298 g/mol. The summed E-state index contributed by atoms with van der Waals surface area (Å²) >= 11 is 1.66. The third kappa shape index (κ3) is 1.99. The molecule has 0 radical (unpaired) electrons. The summed E-state index contributed by atoms with van der Waals surface area (Å²) in [7, 11) is 0. The van der Waals surface area contributed by atoms with E-state index in [1.165, 1.54) is 0 Å². The van der Waals surface area contributed by atoms with Crippen molar-refractivity contribution < 1.29 is 19.5 Å². The second-order valence-corrected chi connectivity index (χ2v) is 7.38. The van der Waals surface area contributed by atoms with Crippen molar-refractivity contribution in [2.75, 3.05) is 18.8 Å². The minimum absolute atomic E-state index is 0.0461. The molecule has 1 N–H and O–H groups in total. The highest BCUT2D eigenvalue weighted by Crippen LogP contribution is 2.47. The van der Waals surface area contributed by atoms with Gasteiger partial charge in [0, 0.05) is 25.3 Å². The Balaban J connectivity index is 1.72. The number of hydrogen-bond donors (Lipinski definition) is 1. The number of amides is 2. The lowest BCUT2D eigenvalue weighted by Gasteiger charge is -2.31. The molecule has 3 atom stereocenters. The van der Waals surface area contributed by atoms with Crippen LogP contribution in [0.4, 0.5) is 0 Å². The SMILES string of the molecule is C[C@]12CCC(=O)N1[C@H](C(=O)N1CC[C@H](C(=O)O)C1)CS2. The number of hydrogen-bond acceptors (Lipinski definition) is 4. The first-order valence-corrected chi connectivity index (χ1v) is 7.89. The monoisotopic (exact) mass is 298 g/mol. The molecule has 3 aliphatic heterocycles. The Morgan fingerprint density at radius 3 is 2.85 bits per heavy atom. The fraction of sp³-hybridized carbons (Fsp3) is 0.769. The molecule has 0 bridgehead atoms. The van der Waals surface area contributed by atoms with Gasteiger partial charge in [0.05, 0.1) is 10.8 Å². The van der Waals surface area contributed by atoms with Gasteiger partial charge in [-0.15, -0.1) is 11.8 Å². The van der Waals surface area contributed by atoms with Crippen LogP contribution in [0, 0.1) is 5.92 Å². The number of rotatable bonds is 2. The Labute approximate surface area is 121 Å². The highest BCUT2D eigenvalue weighted by Gasteiger charge is 2.54. The van der Waals surface area contributed by atoms with Crippen molar-refractivity contribution in [2.24, 2.45) is 5.92 Å². The summed E-state index contributed by atoms with van der Waals surface area (Å²) in [5.74, 6) is -0.725. The lowest BCUT2D eigenvalue weighted by molar-refractivity contribution is -0.144. The molecule has 3 aliphatic rings. The van der Waals surface area contributed by atoms with Gasteiger partial charge in [0.1, 0.15) is 6.04 Å². The van der Waals surface area contributed by atoms with Gasteiger partial charge in [0.15, 0.2) is 0 Å². The van der Waals surface area contributed by atoms with E-state index in [2.05, 4.69) is 0 Å². The van der Waals surface area contributed by atoms with Gasteiger partial charge in [-0.25, -0.2) is 0 Å². The van der Waals surface area contributed by atoms with Gasteiger partial charge in [-0.3, -0.25) is 14.4 Å². The summed E-state index contributed by atoms with van der Waals surface area (Å²) in [5, 5.41) is 9.00. The third-order valence-corrected chi connectivity index (χ3v) is 6.08. The van der Waals surface area contributed by atoms with Gasteiger partial charge in [0.2, 0.25) is 11.8 Å². The highest BCUT2D eigenvalue weighted by molar-refractivity contribution is 8.01. The molecule has 3 saturated heterocycles. The molecule has 0 spiro atoms. The van der Waals surface area contributed by atoms with E-state index in [1.54, 1.807) is 21.6 Å². The van der Waals surface area contributed by atoms with Crippen molar-refractivity contribution in [2.45, 2.75) is 37.1 Å². The molecule has 20 heavy (non-hydrogen) atoms. The predicted octanol–water partition coefficient (Wildman–Crippen LogP) is 0.373. The number of nitrogens with zero attached hydrogens (tertiary/aromatic N) is 2. The second-order valence-electron chi connectivity index (χ2n) is 5.87. The molecular weight excluding hydrogens is 280 g/mol. The standard InChI is InChI=1S/C13H18N2O4S/c1-13-4-2-10(16)15(13)9(7-20-13)11(17)14-5-3-8(6-14)12(18)19/h8-9H,2-7H2,1H3,(H,18,19)/t8-,9-,13-/m0/s1. The van der Waals surface area contributed by atoms with Crippen molar-refractivity contribution in [1.29, 1.82) is 0 Å². The zero-order valence-electron chi connectivity index (χ0n) is 11.4. The number of carbonyl (C=O) groups is 3. The average Bonchev–Trinajstić information content (AvgIpc) is 3.05. The molecule has 0 saturated carbocycles. The van der Waals surface area contributed by atoms with E-state index in [1.807, 2.05) is 6.92 Å². The van der Waals surface area contributed by atoms with Gasteiger partial charge >= 0.3 is 5.97 Å². The van der Waals surface area contributed by atoms with Crippen LogP contribution in [0.25, 0.3) is 0 Å². The minimum Gasteiger partial charge on any atom is -0.481 e. The topological polar surface area (TPSA) is 77.9 Å². The van der Waals surface area contributed by atoms with E-state index >= 15 is 0 Å². The zero-order chi connectivity index (χ0) is 14.5. The minimum atomic E-state index is -0.844. The number of fused-ring (bicyclic) bond motifs is 1. The molecule has 3 fully saturated rings. The summed E-state index contributed by atoms with van der Waals surface area (Å²) in [6.45, 7) is 2.77. The normalized spacial score (nSPS) is 36.5. The van der Waals surface area contributed by atoms with Gasteiger partial charge < -0.3 is 14.9 Å². The summed E-state index contributed by atoms with van der Waals surface area (Å²) < 4.78 is 0. The van der Waals surface area contributed by atoms with Crippen molar-refractivity contribution in [3.8, 4) is 0 Å². The molecule has 7 heteroatoms. The molecule has 2 amide bonds. The quantitative estimate of drug-likeness (QED) is 0.797. The first-order valence-electron chi connectivity index (χ1n) is 6.90. The van der Waals surface area contributed by atoms with Crippen LogP contribution in [0.5, 0.6) is 0 Å². The lowest BCUT2D eigenvalue weighted by atomic mass is 10.1. The van der Waals surface area contributed by atoms with E-state index < -0.39 is 17.9 Å². The number of carboxylic acid groups (broad SMARTS) is 1. The predicted molar refractivity (Wildman–Crippen MR) is 73.1 cm³/mol.